The number of phenolic OH excluding ortho intramolecular Hbond substituents is 1. The standard InChI is InChI=1S/C16H18O2S.C6H15NO.ClH/c1-10-8-11(15(18)13-6-5-7-19-13)9-12(14(10)17)16(2,3)4;1-2-3-4-7-5-6-8;/h5-9,17H,1-4H3;7-8H,2-6H2,1H3;1H. The predicted octanol–water partition coefficient (Wildman–Crippen LogP) is 5.08. The molecule has 0 aliphatic heterocycles. The van der Waals surface area contributed by atoms with Crippen LogP contribution >= 0.6 is 23.7 Å². The lowest BCUT2D eigenvalue weighted by Crippen LogP contribution is -2.18. The molecule has 28 heavy (non-hydrogen) atoms. The van der Waals surface area contributed by atoms with Crippen molar-refractivity contribution in [1.29, 1.82) is 0 Å². The summed E-state index contributed by atoms with van der Waals surface area (Å²) in [6.07, 6.45) is 2.43. The molecule has 3 N–H and O–H groups in total. The highest BCUT2D eigenvalue weighted by molar-refractivity contribution is 7.12. The van der Waals surface area contributed by atoms with E-state index in [-0.39, 0.29) is 36.0 Å². The normalized spacial score (nSPS) is 10.6. The molecule has 0 amide bonds. The number of ketones is 1. The molecule has 4 nitrogen and oxygen atoms in total. The number of hydrogen-bond donors (Lipinski definition) is 3. The van der Waals surface area contributed by atoms with Gasteiger partial charge in [-0.3, -0.25) is 4.79 Å². The number of carbonyl (C=O) groups excluding carboxylic acids is 1. The second kappa shape index (κ2) is 12.9. The van der Waals surface area contributed by atoms with Crippen LogP contribution in [0.2, 0.25) is 0 Å². The molecule has 2 aromatic rings. The van der Waals surface area contributed by atoms with Crippen LogP contribution in [0.1, 0.15) is 66.9 Å². The fourth-order valence-corrected chi connectivity index (χ4v) is 3.22. The van der Waals surface area contributed by atoms with Crippen LogP contribution in [0.3, 0.4) is 0 Å². The third-order valence-corrected chi connectivity index (χ3v) is 4.98. The van der Waals surface area contributed by atoms with E-state index in [2.05, 4.69) is 12.2 Å². The third kappa shape index (κ3) is 8.31. The van der Waals surface area contributed by atoms with E-state index in [1.807, 2.05) is 51.3 Å². The van der Waals surface area contributed by atoms with Gasteiger partial charge >= 0.3 is 0 Å². The summed E-state index contributed by atoms with van der Waals surface area (Å²) in [5.41, 5.74) is 2.00. The van der Waals surface area contributed by atoms with Gasteiger partial charge in [-0.15, -0.1) is 23.7 Å². The van der Waals surface area contributed by atoms with Crippen LogP contribution in [-0.2, 0) is 5.41 Å². The first-order valence-corrected chi connectivity index (χ1v) is 10.3. The van der Waals surface area contributed by atoms with Gasteiger partial charge in [-0.1, -0.05) is 40.2 Å². The Bertz CT molecular complexity index is 703. The van der Waals surface area contributed by atoms with Crippen molar-refractivity contribution in [2.24, 2.45) is 0 Å². The van der Waals surface area contributed by atoms with Crippen molar-refractivity contribution in [2.45, 2.75) is 52.9 Å². The Morgan fingerprint density at radius 2 is 1.89 bits per heavy atom. The number of rotatable bonds is 7. The molecule has 0 fully saturated rings. The van der Waals surface area contributed by atoms with Crippen molar-refractivity contribution < 1.29 is 15.0 Å². The van der Waals surface area contributed by atoms with Gasteiger partial charge in [0, 0.05) is 17.7 Å². The molecular weight excluding hydrogens is 394 g/mol. The van der Waals surface area contributed by atoms with Crippen molar-refractivity contribution in [3.63, 3.8) is 0 Å². The number of unbranched alkanes of at least 4 members (excludes halogenated alkanes) is 1. The minimum absolute atomic E-state index is 0. The van der Waals surface area contributed by atoms with E-state index in [0.29, 0.717) is 5.56 Å². The fourth-order valence-electron chi connectivity index (χ4n) is 2.54. The molecule has 1 aromatic carbocycles. The molecule has 0 bridgehead atoms. The van der Waals surface area contributed by atoms with E-state index in [1.54, 1.807) is 6.07 Å². The summed E-state index contributed by atoms with van der Waals surface area (Å²) in [5, 5.41) is 23.4. The van der Waals surface area contributed by atoms with Gasteiger partial charge in [0.05, 0.1) is 11.5 Å². The quantitative estimate of drug-likeness (QED) is 0.425. The molecule has 0 aliphatic carbocycles. The molecule has 0 saturated heterocycles. The largest absolute Gasteiger partial charge is 0.507 e. The molecule has 0 aliphatic rings. The number of halogens is 1. The first kappa shape index (κ1) is 26.6. The van der Waals surface area contributed by atoms with Gasteiger partial charge in [0.1, 0.15) is 5.75 Å². The van der Waals surface area contributed by atoms with Gasteiger partial charge in [0.25, 0.3) is 0 Å². The smallest absolute Gasteiger partial charge is 0.202 e. The zero-order chi connectivity index (χ0) is 20.4. The summed E-state index contributed by atoms with van der Waals surface area (Å²) in [4.78, 5) is 13.1. The number of aromatic hydroxyl groups is 1. The summed E-state index contributed by atoms with van der Waals surface area (Å²) < 4.78 is 0. The highest BCUT2D eigenvalue weighted by atomic mass is 35.5. The summed E-state index contributed by atoms with van der Waals surface area (Å²) >= 11 is 1.44. The Morgan fingerprint density at radius 3 is 2.39 bits per heavy atom. The van der Waals surface area contributed by atoms with Crippen LogP contribution in [-0.4, -0.2) is 35.7 Å². The number of thiophene rings is 1. The van der Waals surface area contributed by atoms with E-state index in [4.69, 9.17) is 5.11 Å². The van der Waals surface area contributed by atoms with E-state index in [0.717, 1.165) is 29.1 Å². The van der Waals surface area contributed by atoms with Crippen LogP contribution in [0.15, 0.2) is 29.6 Å². The topological polar surface area (TPSA) is 69.6 Å². The van der Waals surface area contributed by atoms with Crippen molar-refractivity contribution >= 4 is 29.5 Å². The molecule has 0 spiro atoms. The molecule has 2 rings (SSSR count). The number of nitrogens with one attached hydrogen (secondary N) is 1. The lowest BCUT2D eigenvalue weighted by Gasteiger charge is -2.22. The number of aryl methyl sites for hydroxylation is 1. The highest BCUT2D eigenvalue weighted by Gasteiger charge is 2.22. The number of aliphatic hydroxyl groups excluding tert-OH is 1. The van der Waals surface area contributed by atoms with Crippen molar-refractivity contribution in [1.82, 2.24) is 5.32 Å². The number of aliphatic hydroxyl groups is 1. The number of benzene rings is 1. The van der Waals surface area contributed by atoms with Gasteiger partial charge < -0.3 is 15.5 Å². The van der Waals surface area contributed by atoms with Gasteiger partial charge in [0.15, 0.2) is 0 Å². The number of carbonyl (C=O) groups is 1. The molecule has 0 radical (unpaired) electrons. The molecule has 158 valence electrons. The average molecular weight is 428 g/mol. The van der Waals surface area contributed by atoms with Crippen LogP contribution in [0.5, 0.6) is 5.75 Å². The molecule has 0 atom stereocenters. The monoisotopic (exact) mass is 427 g/mol. The molecular formula is C22H34ClNO3S. The second-order valence-corrected chi connectivity index (χ2v) is 8.52. The van der Waals surface area contributed by atoms with E-state index in [1.165, 1.54) is 24.2 Å². The van der Waals surface area contributed by atoms with Crippen LogP contribution < -0.4 is 5.32 Å². The minimum atomic E-state index is -0.194. The van der Waals surface area contributed by atoms with Gasteiger partial charge in [0.2, 0.25) is 5.78 Å². The van der Waals surface area contributed by atoms with Crippen LogP contribution in [0.25, 0.3) is 0 Å². The number of phenols is 1. The first-order valence-electron chi connectivity index (χ1n) is 9.46. The van der Waals surface area contributed by atoms with E-state index in [9.17, 15) is 9.90 Å². The SMILES string of the molecule is CCCCNCCO.Cc1cc(C(=O)c2cccs2)cc(C(C)(C)C)c1O.Cl. The van der Waals surface area contributed by atoms with Crippen molar-refractivity contribution in [3.05, 3.63) is 51.2 Å². The number of hydrogen-bond acceptors (Lipinski definition) is 5. The zero-order valence-electron chi connectivity index (χ0n) is 17.5. The highest BCUT2D eigenvalue weighted by Crippen LogP contribution is 2.34. The first-order chi connectivity index (χ1) is 12.7. The third-order valence-electron chi connectivity index (χ3n) is 4.11. The van der Waals surface area contributed by atoms with Crippen molar-refractivity contribution in [2.75, 3.05) is 19.7 Å². The van der Waals surface area contributed by atoms with E-state index < -0.39 is 0 Å². The van der Waals surface area contributed by atoms with Crippen molar-refractivity contribution in [3.8, 4) is 5.75 Å². The maximum atomic E-state index is 12.4. The predicted molar refractivity (Wildman–Crippen MR) is 121 cm³/mol. The van der Waals surface area contributed by atoms with Gasteiger partial charge in [-0.05, 0) is 54.4 Å². The molecule has 0 saturated carbocycles. The Morgan fingerprint density at radius 1 is 1.21 bits per heavy atom. The maximum Gasteiger partial charge on any atom is 0.202 e. The van der Waals surface area contributed by atoms with Crippen LogP contribution in [0, 0.1) is 6.92 Å². The molecule has 1 aromatic heterocycles. The zero-order valence-corrected chi connectivity index (χ0v) is 19.2. The molecule has 1 heterocycles. The minimum Gasteiger partial charge on any atom is -0.507 e. The fraction of sp³-hybridized carbons (Fsp3) is 0.500. The molecule has 6 heteroatoms. The Labute approximate surface area is 179 Å². The maximum absolute atomic E-state index is 12.4. The lowest BCUT2D eigenvalue weighted by molar-refractivity contribution is 0.104. The summed E-state index contributed by atoms with van der Waals surface area (Å²) in [5.74, 6) is 0.304. The Kier molecular flexibility index (Phi) is 12.3. The van der Waals surface area contributed by atoms with Gasteiger partial charge in [-0.25, -0.2) is 0 Å². The molecule has 0 unspecified atom stereocenters. The summed E-state index contributed by atoms with van der Waals surface area (Å²) in [6.45, 7) is 12.1. The second-order valence-electron chi connectivity index (χ2n) is 7.57. The van der Waals surface area contributed by atoms with E-state index >= 15 is 0 Å². The lowest BCUT2D eigenvalue weighted by atomic mass is 9.83. The Balaban J connectivity index is 0.000000694. The van der Waals surface area contributed by atoms with Gasteiger partial charge in [-0.2, -0.15) is 0 Å². The Hall–Kier alpha value is -1.40. The van der Waals surface area contributed by atoms with Crippen LogP contribution in [0.4, 0.5) is 0 Å². The average Bonchev–Trinajstić information content (AvgIpc) is 3.14. The summed E-state index contributed by atoms with van der Waals surface area (Å²) in [6, 6.07) is 7.26. The summed E-state index contributed by atoms with van der Waals surface area (Å²) in [7, 11) is 0.